The molecule has 1 aliphatic rings. The molecular weight excluding hydrogens is 443 g/mol. The number of carbonyl (C=O) groups excluding carboxylic acids is 1. The first-order valence-electron chi connectivity index (χ1n) is 9.91. The van der Waals surface area contributed by atoms with Gasteiger partial charge in [0, 0.05) is 16.1 Å². The van der Waals surface area contributed by atoms with Crippen LogP contribution in [-0.4, -0.2) is 11.6 Å². The molecule has 0 fully saturated rings. The van der Waals surface area contributed by atoms with Crippen LogP contribution in [0, 0.1) is 0 Å². The molecule has 1 aromatic heterocycles. The zero-order valence-corrected chi connectivity index (χ0v) is 18.2. The number of hydrogen-bond donors (Lipinski definition) is 0. The van der Waals surface area contributed by atoms with Crippen LogP contribution in [0.3, 0.4) is 0 Å². The third kappa shape index (κ3) is 3.86. The highest BCUT2D eigenvalue weighted by atomic mass is 35.5. The maximum Gasteiger partial charge on any atom is 0.281 e. The predicted octanol–water partition coefficient (Wildman–Crippen LogP) is 7.09. The van der Waals surface area contributed by atoms with E-state index >= 15 is 0 Å². The fourth-order valence-electron chi connectivity index (χ4n) is 3.50. The summed E-state index contributed by atoms with van der Waals surface area (Å²) in [6.45, 7) is 0. The van der Waals surface area contributed by atoms with Gasteiger partial charge in [-0.2, -0.15) is 10.1 Å². The molecule has 0 aliphatic carbocycles. The van der Waals surface area contributed by atoms with E-state index in [1.54, 1.807) is 36.4 Å². The van der Waals surface area contributed by atoms with E-state index in [0.717, 1.165) is 5.56 Å². The van der Waals surface area contributed by atoms with Gasteiger partial charge in [0.2, 0.25) is 0 Å². The molecule has 6 heteroatoms. The zero-order valence-electron chi connectivity index (χ0n) is 16.7. The lowest BCUT2D eigenvalue weighted by Crippen LogP contribution is -2.21. The van der Waals surface area contributed by atoms with Crippen molar-refractivity contribution in [3.63, 3.8) is 0 Å². The number of carbonyl (C=O) groups is 1. The first-order valence-corrected chi connectivity index (χ1v) is 10.7. The first-order chi connectivity index (χ1) is 15.6. The van der Waals surface area contributed by atoms with Gasteiger partial charge in [-0.1, -0.05) is 71.7 Å². The molecule has 0 saturated carbocycles. The normalized spacial score (nSPS) is 14.8. The average Bonchev–Trinajstić information content (AvgIpc) is 3.42. The predicted molar refractivity (Wildman–Crippen MR) is 129 cm³/mol. The van der Waals surface area contributed by atoms with Crippen LogP contribution < -0.4 is 5.01 Å². The second-order valence-electron chi connectivity index (χ2n) is 7.15. The summed E-state index contributed by atoms with van der Waals surface area (Å²) in [4.78, 5) is 13.3. The van der Waals surface area contributed by atoms with E-state index in [4.69, 9.17) is 27.6 Å². The summed E-state index contributed by atoms with van der Waals surface area (Å²) >= 11 is 12.4. The van der Waals surface area contributed by atoms with Gasteiger partial charge in [-0.3, -0.25) is 4.79 Å². The van der Waals surface area contributed by atoms with Gasteiger partial charge in [-0.15, -0.1) is 0 Å². The lowest BCUT2D eigenvalue weighted by molar-refractivity contribution is -0.114. The van der Waals surface area contributed by atoms with Crippen LogP contribution in [0.25, 0.3) is 17.4 Å². The molecule has 2 heterocycles. The van der Waals surface area contributed by atoms with Crippen LogP contribution >= 0.6 is 23.2 Å². The number of hydrazone groups is 1. The Kier molecular flexibility index (Phi) is 5.39. The number of hydrogen-bond acceptors (Lipinski definition) is 3. The third-order valence-electron chi connectivity index (χ3n) is 5.03. The lowest BCUT2D eigenvalue weighted by Gasteiger charge is -2.10. The second-order valence-corrected chi connectivity index (χ2v) is 7.99. The van der Waals surface area contributed by atoms with Gasteiger partial charge in [-0.05, 0) is 48.5 Å². The van der Waals surface area contributed by atoms with Crippen LogP contribution in [0.4, 0.5) is 5.69 Å². The van der Waals surface area contributed by atoms with E-state index in [1.807, 2.05) is 60.7 Å². The molecular formula is C26H16Cl2N2O2. The molecule has 0 spiro atoms. The summed E-state index contributed by atoms with van der Waals surface area (Å²) in [5.41, 5.74) is 3.25. The number of anilines is 1. The maximum atomic E-state index is 13.3. The van der Waals surface area contributed by atoms with Gasteiger partial charge < -0.3 is 4.42 Å². The van der Waals surface area contributed by atoms with E-state index in [2.05, 4.69) is 5.10 Å². The zero-order chi connectivity index (χ0) is 22.1. The first kappa shape index (κ1) is 20.3. The summed E-state index contributed by atoms with van der Waals surface area (Å²) in [6, 6.07) is 27.7. The van der Waals surface area contributed by atoms with Gasteiger partial charge in [0.05, 0.1) is 16.3 Å². The van der Waals surface area contributed by atoms with E-state index in [-0.39, 0.29) is 5.91 Å². The summed E-state index contributed by atoms with van der Waals surface area (Å²) in [7, 11) is 0. The second kappa shape index (κ2) is 8.50. The highest BCUT2D eigenvalue weighted by molar-refractivity contribution is 6.37. The number of rotatable bonds is 4. The third-order valence-corrected chi connectivity index (χ3v) is 5.60. The Morgan fingerprint density at radius 1 is 0.844 bits per heavy atom. The largest absolute Gasteiger partial charge is 0.457 e. The number of furan rings is 1. The van der Waals surface area contributed by atoms with E-state index in [9.17, 15) is 4.79 Å². The number of benzene rings is 3. The Labute approximate surface area is 195 Å². The average molecular weight is 459 g/mol. The minimum absolute atomic E-state index is 0.228. The molecule has 3 aromatic carbocycles. The fourth-order valence-corrected chi connectivity index (χ4v) is 3.88. The minimum atomic E-state index is -0.228. The van der Waals surface area contributed by atoms with Crippen LogP contribution in [0.5, 0.6) is 0 Å². The standard InChI is InChI=1S/C26H16Cl2N2O2/c27-18-11-13-23(28)21(15-18)24-14-12-20(32-24)16-22-25(17-7-3-1-4-8-17)29-30(26(22)31)19-9-5-2-6-10-19/h1-16H/b22-16-. The van der Waals surface area contributed by atoms with Crippen LogP contribution in [0.15, 0.2) is 106 Å². The minimum Gasteiger partial charge on any atom is -0.457 e. The molecule has 32 heavy (non-hydrogen) atoms. The molecule has 0 atom stereocenters. The van der Waals surface area contributed by atoms with Gasteiger partial charge in [0.15, 0.2) is 0 Å². The SMILES string of the molecule is O=C1/C(=C\c2ccc(-c3cc(Cl)ccc3Cl)o2)C(c2ccccc2)=NN1c1ccccc1. The Morgan fingerprint density at radius 3 is 2.31 bits per heavy atom. The summed E-state index contributed by atoms with van der Waals surface area (Å²) in [6.07, 6.45) is 1.71. The van der Waals surface area contributed by atoms with Crippen molar-refractivity contribution in [1.82, 2.24) is 0 Å². The highest BCUT2D eigenvalue weighted by Crippen LogP contribution is 2.33. The lowest BCUT2D eigenvalue weighted by atomic mass is 10.0. The smallest absolute Gasteiger partial charge is 0.281 e. The van der Waals surface area contributed by atoms with Crippen LogP contribution in [0.1, 0.15) is 11.3 Å². The quantitative estimate of drug-likeness (QED) is 0.306. The Hall–Kier alpha value is -3.60. The topological polar surface area (TPSA) is 45.8 Å². The number of para-hydroxylation sites is 1. The van der Waals surface area contributed by atoms with E-state index in [1.165, 1.54) is 5.01 Å². The summed E-state index contributed by atoms with van der Waals surface area (Å²) in [5, 5.41) is 7.13. The highest BCUT2D eigenvalue weighted by Gasteiger charge is 2.32. The molecule has 0 bridgehead atoms. The van der Waals surface area contributed by atoms with E-state index in [0.29, 0.717) is 44.1 Å². The van der Waals surface area contributed by atoms with E-state index < -0.39 is 0 Å². The van der Waals surface area contributed by atoms with Gasteiger partial charge in [-0.25, -0.2) is 0 Å². The Bertz CT molecular complexity index is 1360. The van der Waals surface area contributed by atoms with Gasteiger partial charge >= 0.3 is 0 Å². The van der Waals surface area contributed by atoms with Crippen molar-refractivity contribution in [3.8, 4) is 11.3 Å². The van der Waals surface area contributed by atoms with Gasteiger partial charge in [0.25, 0.3) is 5.91 Å². The van der Waals surface area contributed by atoms with Crippen molar-refractivity contribution in [2.24, 2.45) is 5.10 Å². The maximum absolute atomic E-state index is 13.3. The molecule has 0 saturated heterocycles. The molecule has 4 aromatic rings. The van der Waals surface area contributed by atoms with Crippen molar-refractivity contribution < 1.29 is 9.21 Å². The molecule has 1 amide bonds. The molecule has 0 N–H and O–H groups in total. The van der Waals surface area contributed by atoms with Crippen LogP contribution in [0.2, 0.25) is 10.0 Å². The molecule has 0 radical (unpaired) electrons. The molecule has 1 aliphatic heterocycles. The number of amides is 1. The number of halogens is 2. The van der Waals surface area contributed by atoms with Gasteiger partial charge in [0.1, 0.15) is 17.2 Å². The fraction of sp³-hybridized carbons (Fsp3) is 0. The van der Waals surface area contributed by atoms with Crippen molar-refractivity contribution in [1.29, 1.82) is 0 Å². The van der Waals surface area contributed by atoms with Crippen molar-refractivity contribution >= 4 is 46.6 Å². The van der Waals surface area contributed by atoms with Crippen molar-refractivity contribution in [2.75, 3.05) is 5.01 Å². The van der Waals surface area contributed by atoms with Crippen molar-refractivity contribution in [2.45, 2.75) is 0 Å². The molecule has 5 rings (SSSR count). The molecule has 0 unspecified atom stereocenters. The Balaban J connectivity index is 1.57. The Morgan fingerprint density at radius 2 is 1.56 bits per heavy atom. The monoisotopic (exact) mass is 458 g/mol. The van der Waals surface area contributed by atoms with Crippen LogP contribution in [-0.2, 0) is 4.79 Å². The number of nitrogens with zero attached hydrogens (tertiary/aromatic N) is 2. The summed E-state index contributed by atoms with van der Waals surface area (Å²) in [5.74, 6) is 0.847. The molecule has 156 valence electrons. The van der Waals surface area contributed by atoms with Crippen molar-refractivity contribution in [3.05, 3.63) is 118 Å². The molecule has 4 nitrogen and oxygen atoms in total. The summed E-state index contributed by atoms with van der Waals surface area (Å²) < 4.78 is 6.00.